The van der Waals surface area contributed by atoms with Crippen molar-refractivity contribution < 1.29 is 23.1 Å². The predicted molar refractivity (Wildman–Crippen MR) is 121 cm³/mol. The molecule has 0 aliphatic carbocycles. The van der Waals surface area contributed by atoms with Crippen LogP contribution in [0.4, 0.5) is 29.3 Å². The smallest absolute Gasteiger partial charge is 0.386 e. The Morgan fingerprint density at radius 1 is 1.00 bits per heavy atom. The Kier molecular flexibility index (Phi) is 5.59. The zero-order valence-electron chi connectivity index (χ0n) is 17.8. The number of halogens is 3. The number of benzene rings is 2. The van der Waals surface area contributed by atoms with E-state index in [0.717, 1.165) is 28.8 Å². The number of urea groups is 1. The number of pyridine rings is 1. The first kappa shape index (κ1) is 22.3. The van der Waals surface area contributed by atoms with Gasteiger partial charge in [0.05, 0.1) is 22.2 Å². The van der Waals surface area contributed by atoms with Crippen LogP contribution in [0.15, 0.2) is 67.0 Å². The number of anilines is 2. The molecule has 6 nitrogen and oxygen atoms in total. The van der Waals surface area contributed by atoms with Crippen molar-refractivity contribution in [1.29, 1.82) is 0 Å². The van der Waals surface area contributed by atoms with Gasteiger partial charge in [-0.25, -0.2) is 9.78 Å². The number of aliphatic hydroxyl groups is 1. The van der Waals surface area contributed by atoms with Gasteiger partial charge < -0.3 is 20.7 Å². The molecule has 2 aromatic heterocycles. The van der Waals surface area contributed by atoms with E-state index in [0.29, 0.717) is 16.7 Å². The molecule has 4 rings (SSSR count). The Morgan fingerprint density at radius 2 is 1.73 bits per heavy atom. The second-order valence-electron chi connectivity index (χ2n) is 8.08. The Bertz CT molecular complexity index is 1310. The fraction of sp³-hybridized carbons (Fsp3) is 0.167. The number of hydrogen-bond acceptors (Lipinski definition) is 3. The van der Waals surface area contributed by atoms with Gasteiger partial charge in [0.1, 0.15) is 5.65 Å². The Balaban J connectivity index is 1.62. The molecule has 0 aliphatic rings. The van der Waals surface area contributed by atoms with Gasteiger partial charge in [0.25, 0.3) is 0 Å². The number of aromatic amines is 1. The van der Waals surface area contributed by atoms with Gasteiger partial charge in [-0.15, -0.1) is 0 Å². The minimum Gasteiger partial charge on any atom is -0.386 e. The van der Waals surface area contributed by atoms with Crippen LogP contribution in [-0.2, 0) is 11.8 Å². The molecule has 0 aliphatic heterocycles. The third-order valence-corrected chi connectivity index (χ3v) is 5.17. The summed E-state index contributed by atoms with van der Waals surface area (Å²) in [6, 6.07) is 12.8. The molecule has 2 amide bonds. The number of fused-ring (bicyclic) bond motifs is 1. The quantitative estimate of drug-likeness (QED) is 0.299. The second-order valence-corrected chi connectivity index (χ2v) is 8.08. The van der Waals surface area contributed by atoms with Crippen molar-refractivity contribution in [2.24, 2.45) is 0 Å². The van der Waals surface area contributed by atoms with Crippen LogP contribution in [0.2, 0.25) is 0 Å². The zero-order valence-corrected chi connectivity index (χ0v) is 17.8. The summed E-state index contributed by atoms with van der Waals surface area (Å²) in [4.78, 5) is 19.8. The Morgan fingerprint density at radius 3 is 2.39 bits per heavy atom. The number of carbonyl (C=O) groups excluding carboxylic acids is 1. The average molecular weight is 454 g/mol. The van der Waals surface area contributed by atoms with E-state index in [-0.39, 0.29) is 5.69 Å². The largest absolute Gasteiger partial charge is 0.416 e. The number of H-pyrrole nitrogens is 1. The van der Waals surface area contributed by atoms with Crippen LogP contribution in [0.5, 0.6) is 0 Å². The minimum atomic E-state index is -4.45. The summed E-state index contributed by atoms with van der Waals surface area (Å²) in [7, 11) is 0. The number of carbonyl (C=O) groups is 1. The maximum atomic E-state index is 12.7. The monoisotopic (exact) mass is 454 g/mol. The van der Waals surface area contributed by atoms with E-state index >= 15 is 0 Å². The van der Waals surface area contributed by atoms with Gasteiger partial charge >= 0.3 is 12.2 Å². The lowest BCUT2D eigenvalue weighted by atomic mass is 9.93. The normalized spacial score (nSPS) is 12.1. The molecule has 9 heteroatoms. The van der Waals surface area contributed by atoms with Gasteiger partial charge in [0, 0.05) is 18.1 Å². The molecule has 0 saturated carbocycles. The SMILES string of the molecule is CC(C)(O)c1cccc(-c2ccnc3[nH]cc(NC(=O)Nc4ccc(C(F)(F)F)cc4)c23)c1. The summed E-state index contributed by atoms with van der Waals surface area (Å²) >= 11 is 0. The molecule has 4 N–H and O–H groups in total. The van der Waals surface area contributed by atoms with E-state index in [1.165, 1.54) is 12.1 Å². The number of hydrogen-bond donors (Lipinski definition) is 4. The number of aromatic nitrogens is 2. The van der Waals surface area contributed by atoms with Gasteiger partial charge in [-0.2, -0.15) is 13.2 Å². The number of nitrogens with zero attached hydrogens (tertiary/aromatic N) is 1. The summed E-state index contributed by atoms with van der Waals surface area (Å²) in [5.41, 5.74) is 1.74. The fourth-order valence-corrected chi connectivity index (χ4v) is 3.49. The van der Waals surface area contributed by atoms with E-state index in [1.54, 1.807) is 32.3 Å². The maximum absolute atomic E-state index is 12.7. The van der Waals surface area contributed by atoms with Crippen molar-refractivity contribution in [3.05, 3.63) is 78.1 Å². The standard InChI is InChI=1S/C24H21F3N4O2/c1-23(2,33)16-5-3-4-14(12-16)18-10-11-28-21-20(18)19(13-29-21)31-22(32)30-17-8-6-15(7-9-17)24(25,26)27/h3-13,33H,1-2H3,(H,28,29)(H2,30,31,32). The molecular formula is C24H21F3N4O2. The van der Waals surface area contributed by atoms with Crippen LogP contribution in [0.25, 0.3) is 22.2 Å². The minimum absolute atomic E-state index is 0.219. The third-order valence-electron chi connectivity index (χ3n) is 5.17. The van der Waals surface area contributed by atoms with Gasteiger partial charge in [-0.1, -0.05) is 18.2 Å². The molecule has 0 radical (unpaired) electrons. The molecule has 0 spiro atoms. The van der Waals surface area contributed by atoms with Gasteiger partial charge in [0.15, 0.2) is 0 Å². The first-order valence-corrected chi connectivity index (χ1v) is 10.1. The van der Waals surface area contributed by atoms with Gasteiger partial charge in [-0.3, -0.25) is 0 Å². The van der Waals surface area contributed by atoms with E-state index in [9.17, 15) is 23.1 Å². The van der Waals surface area contributed by atoms with Crippen LogP contribution in [0.1, 0.15) is 25.0 Å². The van der Waals surface area contributed by atoms with Gasteiger partial charge in [-0.05, 0) is 66.9 Å². The van der Waals surface area contributed by atoms with Crippen LogP contribution in [0.3, 0.4) is 0 Å². The molecule has 2 heterocycles. The average Bonchev–Trinajstić information content (AvgIpc) is 3.16. The van der Waals surface area contributed by atoms with Gasteiger partial charge in [0.2, 0.25) is 0 Å². The molecule has 0 fully saturated rings. The van der Waals surface area contributed by atoms with E-state index < -0.39 is 23.4 Å². The summed E-state index contributed by atoms with van der Waals surface area (Å²) in [6.07, 6.45) is -1.22. The van der Waals surface area contributed by atoms with Crippen molar-refractivity contribution in [2.45, 2.75) is 25.6 Å². The van der Waals surface area contributed by atoms with Crippen molar-refractivity contribution in [1.82, 2.24) is 9.97 Å². The number of alkyl halides is 3. The topological polar surface area (TPSA) is 90.0 Å². The van der Waals surface area contributed by atoms with Crippen LogP contribution < -0.4 is 10.6 Å². The highest BCUT2D eigenvalue weighted by Crippen LogP contribution is 2.35. The highest BCUT2D eigenvalue weighted by molar-refractivity contribution is 6.09. The first-order valence-electron chi connectivity index (χ1n) is 10.1. The number of amides is 2. The molecule has 33 heavy (non-hydrogen) atoms. The molecular weight excluding hydrogens is 433 g/mol. The van der Waals surface area contributed by atoms with Crippen molar-refractivity contribution in [2.75, 3.05) is 10.6 Å². The second kappa shape index (κ2) is 8.25. The molecule has 4 aromatic rings. The first-order chi connectivity index (χ1) is 15.5. The fourth-order valence-electron chi connectivity index (χ4n) is 3.49. The Labute approximate surface area is 187 Å². The lowest BCUT2D eigenvalue weighted by Gasteiger charge is -2.19. The van der Waals surface area contributed by atoms with Crippen LogP contribution in [-0.4, -0.2) is 21.1 Å². The van der Waals surface area contributed by atoms with Crippen molar-refractivity contribution >= 4 is 28.4 Å². The molecule has 0 bridgehead atoms. The molecule has 0 saturated heterocycles. The predicted octanol–water partition coefficient (Wildman–Crippen LogP) is 6.12. The molecule has 0 unspecified atom stereocenters. The van der Waals surface area contributed by atoms with Crippen molar-refractivity contribution in [3.63, 3.8) is 0 Å². The number of nitrogens with one attached hydrogen (secondary N) is 3. The van der Waals surface area contributed by atoms with Crippen LogP contribution >= 0.6 is 0 Å². The lowest BCUT2D eigenvalue weighted by molar-refractivity contribution is -0.137. The number of rotatable bonds is 4. The lowest BCUT2D eigenvalue weighted by Crippen LogP contribution is -2.19. The summed E-state index contributed by atoms with van der Waals surface area (Å²) in [5.74, 6) is 0. The summed E-state index contributed by atoms with van der Waals surface area (Å²) < 4.78 is 38.2. The summed E-state index contributed by atoms with van der Waals surface area (Å²) in [6.45, 7) is 3.40. The third kappa shape index (κ3) is 4.83. The molecule has 2 aromatic carbocycles. The van der Waals surface area contributed by atoms with Crippen molar-refractivity contribution in [3.8, 4) is 11.1 Å². The molecule has 0 atom stereocenters. The zero-order chi connectivity index (χ0) is 23.8. The van der Waals surface area contributed by atoms with E-state index in [1.807, 2.05) is 24.3 Å². The van der Waals surface area contributed by atoms with E-state index in [4.69, 9.17) is 0 Å². The summed E-state index contributed by atoms with van der Waals surface area (Å²) in [5, 5.41) is 16.3. The highest BCUT2D eigenvalue weighted by atomic mass is 19.4. The van der Waals surface area contributed by atoms with E-state index in [2.05, 4.69) is 20.6 Å². The molecule has 170 valence electrons. The van der Waals surface area contributed by atoms with Crippen LogP contribution in [0, 0.1) is 0 Å². The highest BCUT2D eigenvalue weighted by Gasteiger charge is 2.30. The Hall–Kier alpha value is -3.85. The maximum Gasteiger partial charge on any atom is 0.416 e.